The lowest BCUT2D eigenvalue weighted by atomic mass is 9.90. The van der Waals surface area contributed by atoms with Crippen molar-refractivity contribution in [3.63, 3.8) is 0 Å². The smallest absolute Gasteiger partial charge is 0.123 e. The van der Waals surface area contributed by atoms with Gasteiger partial charge in [-0.2, -0.15) is 0 Å². The molecule has 1 saturated heterocycles. The van der Waals surface area contributed by atoms with Crippen molar-refractivity contribution in [1.29, 1.82) is 0 Å². The topological polar surface area (TPSA) is 15.3 Å². The van der Waals surface area contributed by atoms with Crippen molar-refractivity contribution in [2.24, 2.45) is 5.92 Å². The van der Waals surface area contributed by atoms with E-state index in [0.29, 0.717) is 5.92 Å². The normalized spacial score (nSPS) is 17.1. The molecule has 2 nitrogen and oxygen atoms in total. The number of rotatable bonds is 3. The molecule has 0 bridgehead atoms. The lowest BCUT2D eigenvalue weighted by Crippen LogP contribution is -2.29. The van der Waals surface area contributed by atoms with E-state index in [0.717, 1.165) is 30.8 Å². The van der Waals surface area contributed by atoms with Crippen LogP contribution in [0, 0.1) is 11.7 Å². The molecule has 0 amide bonds. The molecule has 1 aromatic carbocycles. The van der Waals surface area contributed by atoms with Crippen LogP contribution in [0.3, 0.4) is 0 Å². The Labute approximate surface area is 103 Å². The van der Waals surface area contributed by atoms with Crippen molar-refractivity contribution in [3.8, 4) is 0 Å². The van der Waals surface area contributed by atoms with Gasteiger partial charge in [0.15, 0.2) is 0 Å². The van der Waals surface area contributed by atoms with Crippen LogP contribution in [0.1, 0.15) is 18.4 Å². The Morgan fingerprint density at radius 1 is 1.29 bits per heavy atom. The number of nitrogens with zero attached hydrogens (tertiary/aromatic N) is 1. The molecule has 1 N–H and O–H groups in total. The van der Waals surface area contributed by atoms with Crippen LogP contribution in [-0.2, 0) is 6.42 Å². The Morgan fingerprint density at radius 3 is 2.65 bits per heavy atom. The van der Waals surface area contributed by atoms with Gasteiger partial charge in [-0.25, -0.2) is 4.39 Å². The highest BCUT2D eigenvalue weighted by Crippen LogP contribution is 2.26. The van der Waals surface area contributed by atoms with Gasteiger partial charge in [-0.3, -0.25) is 0 Å². The second-order valence-corrected chi connectivity index (χ2v) is 5.06. The van der Waals surface area contributed by atoms with Crippen LogP contribution < -0.4 is 10.2 Å². The molecule has 1 fully saturated rings. The molecular weight excluding hydrogens is 215 g/mol. The van der Waals surface area contributed by atoms with E-state index in [4.69, 9.17) is 0 Å². The van der Waals surface area contributed by atoms with Crippen LogP contribution in [0.5, 0.6) is 0 Å². The highest BCUT2D eigenvalue weighted by Gasteiger charge is 2.16. The summed E-state index contributed by atoms with van der Waals surface area (Å²) in [6.07, 6.45) is 3.39. The molecule has 17 heavy (non-hydrogen) atoms. The third kappa shape index (κ3) is 3.19. The van der Waals surface area contributed by atoms with Crippen LogP contribution in [0.25, 0.3) is 0 Å². The van der Waals surface area contributed by atoms with E-state index in [2.05, 4.69) is 10.2 Å². The second kappa shape index (κ2) is 5.50. The summed E-state index contributed by atoms with van der Waals surface area (Å²) in [6.45, 7) is 2.19. The lowest BCUT2D eigenvalue weighted by Gasteiger charge is -2.25. The third-order valence-electron chi connectivity index (χ3n) is 3.49. The lowest BCUT2D eigenvalue weighted by molar-refractivity contribution is 0.372. The SMILES string of the molecule is CN(C)c1ccc(F)cc1CC1CCNCC1. The van der Waals surface area contributed by atoms with Gasteiger partial charge in [0.2, 0.25) is 0 Å². The highest BCUT2D eigenvalue weighted by molar-refractivity contribution is 5.52. The molecule has 0 atom stereocenters. The van der Waals surface area contributed by atoms with Crippen LogP contribution in [0.2, 0.25) is 0 Å². The minimum absolute atomic E-state index is 0.125. The van der Waals surface area contributed by atoms with E-state index >= 15 is 0 Å². The van der Waals surface area contributed by atoms with Crippen molar-refractivity contribution in [3.05, 3.63) is 29.6 Å². The van der Waals surface area contributed by atoms with E-state index in [1.807, 2.05) is 20.2 Å². The number of nitrogens with one attached hydrogen (secondary N) is 1. The van der Waals surface area contributed by atoms with E-state index in [-0.39, 0.29) is 5.82 Å². The number of anilines is 1. The van der Waals surface area contributed by atoms with Gasteiger partial charge >= 0.3 is 0 Å². The molecule has 0 spiro atoms. The Kier molecular flexibility index (Phi) is 4.00. The number of hydrogen-bond donors (Lipinski definition) is 1. The van der Waals surface area contributed by atoms with Crippen LogP contribution >= 0.6 is 0 Å². The van der Waals surface area contributed by atoms with Crippen molar-refractivity contribution < 1.29 is 4.39 Å². The van der Waals surface area contributed by atoms with Crippen molar-refractivity contribution in [2.75, 3.05) is 32.1 Å². The predicted molar refractivity (Wildman–Crippen MR) is 70.0 cm³/mol. The maximum absolute atomic E-state index is 13.3. The zero-order chi connectivity index (χ0) is 12.3. The number of hydrogen-bond acceptors (Lipinski definition) is 2. The standard InChI is InChI=1S/C14H21FN2/c1-17(2)14-4-3-13(15)10-12(14)9-11-5-7-16-8-6-11/h3-4,10-11,16H,5-9H2,1-2H3. The van der Waals surface area contributed by atoms with Crippen molar-refractivity contribution in [1.82, 2.24) is 5.32 Å². The van der Waals surface area contributed by atoms with Crippen molar-refractivity contribution in [2.45, 2.75) is 19.3 Å². The first-order chi connectivity index (χ1) is 8.16. The maximum Gasteiger partial charge on any atom is 0.123 e. The molecule has 0 aromatic heterocycles. The Hall–Kier alpha value is -1.09. The summed E-state index contributed by atoms with van der Waals surface area (Å²) in [5.74, 6) is 0.566. The van der Waals surface area contributed by atoms with E-state index in [1.54, 1.807) is 12.1 Å². The monoisotopic (exact) mass is 236 g/mol. The van der Waals surface area contributed by atoms with Crippen molar-refractivity contribution >= 4 is 5.69 Å². The minimum Gasteiger partial charge on any atom is -0.377 e. The zero-order valence-corrected chi connectivity index (χ0v) is 10.7. The molecule has 0 saturated carbocycles. The maximum atomic E-state index is 13.3. The molecule has 0 radical (unpaired) electrons. The second-order valence-electron chi connectivity index (χ2n) is 5.06. The Balaban J connectivity index is 2.14. The summed E-state index contributed by atoms with van der Waals surface area (Å²) in [4.78, 5) is 2.07. The molecular formula is C14H21FN2. The predicted octanol–water partition coefficient (Wildman–Crippen LogP) is 2.43. The van der Waals surface area contributed by atoms with Gasteiger partial charge in [-0.05, 0) is 62.0 Å². The van der Waals surface area contributed by atoms with Gasteiger partial charge < -0.3 is 10.2 Å². The van der Waals surface area contributed by atoms with Gasteiger partial charge in [-0.15, -0.1) is 0 Å². The number of halogens is 1. The summed E-state index contributed by atoms with van der Waals surface area (Å²) in [7, 11) is 4.03. The minimum atomic E-state index is -0.125. The summed E-state index contributed by atoms with van der Waals surface area (Å²) in [6, 6.07) is 5.12. The molecule has 1 aliphatic rings. The van der Waals surface area contributed by atoms with E-state index < -0.39 is 0 Å². The molecule has 2 rings (SSSR count). The molecule has 0 unspecified atom stereocenters. The average Bonchev–Trinajstić information content (AvgIpc) is 2.30. The van der Waals surface area contributed by atoms with Gasteiger partial charge in [-0.1, -0.05) is 0 Å². The molecule has 3 heteroatoms. The molecule has 1 aliphatic heterocycles. The highest BCUT2D eigenvalue weighted by atomic mass is 19.1. The summed E-state index contributed by atoms with van der Waals surface area (Å²) in [5, 5.41) is 3.36. The summed E-state index contributed by atoms with van der Waals surface area (Å²) >= 11 is 0. The first-order valence-electron chi connectivity index (χ1n) is 6.33. The quantitative estimate of drug-likeness (QED) is 0.867. The third-order valence-corrected chi connectivity index (χ3v) is 3.49. The molecule has 94 valence electrons. The summed E-state index contributed by atoms with van der Waals surface area (Å²) < 4.78 is 13.3. The fraction of sp³-hybridized carbons (Fsp3) is 0.571. The largest absolute Gasteiger partial charge is 0.377 e. The average molecular weight is 236 g/mol. The Bertz CT molecular complexity index is 370. The number of benzene rings is 1. The summed E-state index contributed by atoms with van der Waals surface area (Å²) in [5.41, 5.74) is 2.28. The first kappa shape index (κ1) is 12.4. The van der Waals surface area contributed by atoms with E-state index in [1.165, 1.54) is 12.8 Å². The van der Waals surface area contributed by atoms with Gasteiger partial charge in [0.1, 0.15) is 5.82 Å². The first-order valence-corrected chi connectivity index (χ1v) is 6.33. The van der Waals surface area contributed by atoms with Crippen LogP contribution in [-0.4, -0.2) is 27.2 Å². The molecule has 1 heterocycles. The van der Waals surface area contributed by atoms with Gasteiger partial charge in [0, 0.05) is 19.8 Å². The zero-order valence-electron chi connectivity index (χ0n) is 10.7. The number of piperidine rings is 1. The van der Waals surface area contributed by atoms with Gasteiger partial charge in [0.05, 0.1) is 0 Å². The fourth-order valence-corrected chi connectivity index (χ4v) is 2.55. The Morgan fingerprint density at radius 2 is 2.00 bits per heavy atom. The van der Waals surface area contributed by atoms with Gasteiger partial charge in [0.25, 0.3) is 0 Å². The fourth-order valence-electron chi connectivity index (χ4n) is 2.55. The molecule has 1 aromatic rings. The van der Waals surface area contributed by atoms with E-state index in [9.17, 15) is 4.39 Å². The van der Waals surface area contributed by atoms with Crippen LogP contribution in [0.4, 0.5) is 10.1 Å². The van der Waals surface area contributed by atoms with Crippen LogP contribution in [0.15, 0.2) is 18.2 Å². The molecule has 0 aliphatic carbocycles.